The number of likely N-dealkylation sites (N-methyl/N-ethyl adjacent to an activating group) is 1. The summed E-state index contributed by atoms with van der Waals surface area (Å²) in [4.78, 5) is 37.5. The van der Waals surface area contributed by atoms with Crippen LogP contribution in [0.4, 0.5) is 0 Å². The van der Waals surface area contributed by atoms with Crippen molar-refractivity contribution in [3.8, 4) is 0 Å². The number of unbranched alkanes of at least 4 members (excludes halogenated alkanes) is 18. The maximum atomic E-state index is 12.7. The van der Waals surface area contributed by atoms with Gasteiger partial charge < -0.3 is 27.9 Å². The van der Waals surface area contributed by atoms with Crippen LogP contribution < -0.4 is 4.89 Å². The Bertz CT molecular complexity index is 1100. The van der Waals surface area contributed by atoms with E-state index in [2.05, 4.69) is 62.5 Å². The fraction of sp³-hybridized carbons (Fsp3) is 0.783. The monoisotopic (exact) mass is 810 g/mol. The van der Waals surface area contributed by atoms with Gasteiger partial charge in [0.1, 0.15) is 19.8 Å². The van der Waals surface area contributed by atoms with E-state index in [0.717, 1.165) is 64.2 Å². The van der Waals surface area contributed by atoms with Crippen molar-refractivity contribution in [2.75, 3.05) is 47.5 Å². The van der Waals surface area contributed by atoms with Gasteiger partial charge in [0.25, 0.3) is 7.82 Å². The predicted octanol–water partition coefficient (Wildman–Crippen LogP) is 12.1. The molecule has 0 heterocycles. The Labute approximate surface area is 343 Å². The van der Waals surface area contributed by atoms with Crippen molar-refractivity contribution in [3.63, 3.8) is 0 Å². The van der Waals surface area contributed by atoms with E-state index in [1.807, 2.05) is 21.1 Å². The molecule has 0 saturated carbocycles. The van der Waals surface area contributed by atoms with Gasteiger partial charge in [0.15, 0.2) is 6.10 Å². The second-order valence-electron chi connectivity index (χ2n) is 16.1. The smallest absolute Gasteiger partial charge is 0.306 e. The molecule has 2 atom stereocenters. The highest BCUT2D eigenvalue weighted by atomic mass is 31.2. The van der Waals surface area contributed by atoms with Crippen LogP contribution in [0.5, 0.6) is 0 Å². The van der Waals surface area contributed by atoms with Crippen LogP contribution in [0.1, 0.15) is 181 Å². The van der Waals surface area contributed by atoms with Gasteiger partial charge in [0, 0.05) is 12.8 Å². The molecule has 326 valence electrons. The van der Waals surface area contributed by atoms with E-state index in [9.17, 15) is 19.0 Å². The molecule has 0 aliphatic rings. The zero-order chi connectivity index (χ0) is 41.4. The molecule has 1 unspecified atom stereocenters. The molecule has 0 N–H and O–H groups in total. The molecule has 0 spiro atoms. The van der Waals surface area contributed by atoms with Crippen molar-refractivity contribution in [1.82, 2.24) is 0 Å². The van der Waals surface area contributed by atoms with Gasteiger partial charge >= 0.3 is 11.9 Å². The lowest BCUT2D eigenvalue weighted by molar-refractivity contribution is -0.870. The lowest BCUT2D eigenvalue weighted by Crippen LogP contribution is -2.37. The molecule has 0 fully saturated rings. The molecule has 0 bridgehead atoms. The van der Waals surface area contributed by atoms with Gasteiger partial charge in [0.05, 0.1) is 27.7 Å². The first kappa shape index (κ1) is 54.0. The number of ether oxygens (including phenoxy) is 2. The Morgan fingerprint density at radius 2 is 0.964 bits per heavy atom. The molecule has 0 radical (unpaired) electrons. The second-order valence-corrected chi connectivity index (χ2v) is 17.5. The minimum absolute atomic E-state index is 0.0390. The number of carbonyl (C=O) groups is 2. The molecule has 9 nitrogen and oxygen atoms in total. The summed E-state index contributed by atoms with van der Waals surface area (Å²) in [6.07, 6.45) is 44.2. The third kappa shape index (κ3) is 41.6. The minimum atomic E-state index is -4.63. The average molecular weight is 810 g/mol. The first-order valence-electron chi connectivity index (χ1n) is 22.3. The van der Waals surface area contributed by atoms with E-state index in [-0.39, 0.29) is 26.1 Å². The third-order valence-corrected chi connectivity index (χ3v) is 10.3. The van der Waals surface area contributed by atoms with Gasteiger partial charge in [-0.1, -0.05) is 140 Å². The maximum Gasteiger partial charge on any atom is 0.306 e. The maximum absolute atomic E-state index is 12.7. The van der Waals surface area contributed by atoms with E-state index in [1.54, 1.807) is 0 Å². The van der Waals surface area contributed by atoms with E-state index < -0.39 is 32.5 Å². The van der Waals surface area contributed by atoms with Gasteiger partial charge in [-0.25, -0.2) is 0 Å². The van der Waals surface area contributed by atoms with E-state index in [4.69, 9.17) is 18.5 Å². The molecule has 0 aromatic heterocycles. The molecule has 0 rings (SSSR count). The molecule has 0 aromatic rings. The Kier molecular flexibility index (Phi) is 37.1. The normalized spacial score (nSPS) is 14.0. The van der Waals surface area contributed by atoms with Crippen molar-refractivity contribution in [2.24, 2.45) is 0 Å². The largest absolute Gasteiger partial charge is 0.756 e. The third-order valence-electron chi connectivity index (χ3n) is 9.32. The summed E-state index contributed by atoms with van der Waals surface area (Å²) in [6.45, 7) is 4.15. The number of hydrogen-bond donors (Lipinski definition) is 0. The molecule has 0 aromatic carbocycles. The Morgan fingerprint density at radius 3 is 1.50 bits per heavy atom. The molecule has 0 aliphatic heterocycles. The first-order valence-corrected chi connectivity index (χ1v) is 23.8. The fourth-order valence-electron chi connectivity index (χ4n) is 5.77. The van der Waals surface area contributed by atoms with Crippen molar-refractivity contribution >= 4 is 19.8 Å². The fourth-order valence-corrected chi connectivity index (χ4v) is 6.50. The van der Waals surface area contributed by atoms with Crippen LogP contribution in [0.25, 0.3) is 0 Å². The van der Waals surface area contributed by atoms with Gasteiger partial charge in [0.2, 0.25) is 0 Å². The van der Waals surface area contributed by atoms with Crippen LogP contribution in [0.3, 0.4) is 0 Å². The Morgan fingerprint density at radius 1 is 0.554 bits per heavy atom. The van der Waals surface area contributed by atoms with Crippen LogP contribution in [0.2, 0.25) is 0 Å². The number of carbonyl (C=O) groups excluding carboxylic acids is 2. The summed E-state index contributed by atoms with van der Waals surface area (Å²) in [6, 6.07) is 0. The summed E-state index contributed by atoms with van der Waals surface area (Å²) in [7, 11) is 1.14. The first-order chi connectivity index (χ1) is 27.0. The summed E-state index contributed by atoms with van der Waals surface area (Å²) in [5, 5.41) is 0. The molecule has 0 amide bonds. The summed E-state index contributed by atoms with van der Waals surface area (Å²) >= 11 is 0. The number of quaternary nitrogens is 1. The highest BCUT2D eigenvalue weighted by molar-refractivity contribution is 7.45. The van der Waals surface area contributed by atoms with E-state index in [0.29, 0.717) is 23.9 Å². The summed E-state index contributed by atoms with van der Waals surface area (Å²) in [5.74, 6) is -0.879. The summed E-state index contributed by atoms with van der Waals surface area (Å²) in [5.41, 5.74) is 0. The highest BCUT2D eigenvalue weighted by Crippen LogP contribution is 2.38. The van der Waals surface area contributed by atoms with Crippen molar-refractivity contribution in [2.45, 2.75) is 187 Å². The average Bonchev–Trinajstić information content (AvgIpc) is 3.15. The van der Waals surface area contributed by atoms with Gasteiger partial charge in [-0.15, -0.1) is 0 Å². The number of esters is 2. The van der Waals surface area contributed by atoms with Crippen molar-refractivity contribution < 1.29 is 42.1 Å². The number of phosphoric acid groups is 1. The highest BCUT2D eigenvalue weighted by Gasteiger charge is 2.21. The number of rotatable bonds is 40. The predicted molar refractivity (Wildman–Crippen MR) is 231 cm³/mol. The molecular weight excluding hydrogens is 725 g/mol. The standard InChI is InChI=1S/C46H84NO8P/c1-6-8-10-12-14-16-18-20-22-23-25-27-29-31-33-35-37-39-46(49)55-44(43-54-56(50,51)53-41-40-47(3,4)5)42-52-45(48)38-36-34-32-30-28-26-24-21-19-17-15-13-11-9-7-2/h14,16,20,22,25-28,44H,6-13,15,17-19,21,23-24,29-43H2,1-5H3/b16-14+,22-20+,27-25+,28-26+/t44-/m1/s1. The topological polar surface area (TPSA) is 111 Å². The number of phosphoric ester groups is 1. The van der Waals surface area contributed by atoms with Crippen LogP contribution >= 0.6 is 7.82 Å². The SMILES string of the molecule is CCCCC/C=C/C/C=C/C/C=C/CCCCCCC(=O)O[C@H](COC(=O)CCCCC/C=C/CCCCCCCCCC)COP(=O)([O-])OCC[N+](C)(C)C. The molecule has 56 heavy (non-hydrogen) atoms. The van der Waals surface area contributed by atoms with Crippen LogP contribution in [0.15, 0.2) is 48.6 Å². The zero-order valence-corrected chi connectivity index (χ0v) is 37.5. The lowest BCUT2D eigenvalue weighted by atomic mass is 10.1. The van der Waals surface area contributed by atoms with Crippen LogP contribution in [-0.2, 0) is 32.7 Å². The van der Waals surface area contributed by atoms with Crippen molar-refractivity contribution in [3.05, 3.63) is 48.6 Å². The molecule has 0 aliphatic carbocycles. The number of hydrogen-bond acceptors (Lipinski definition) is 8. The van der Waals surface area contributed by atoms with Gasteiger partial charge in [-0.3, -0.25) is 14.2 Å². The summed E-state index contributed by atoms with van der Waals surface area (Å²) < 4.78 is 33.9. The van der Waals surface area contributed by atoms with Gasteiger partial charge in [-0.05, 0) is 77.0 Å². The second kappa shape index (κ2) is 38.5. The number of nitrogens with zero attached hydrogens (tertiary/aromatic N) is 1. The van der Waals surface area contributed by atoms with Gasteiger partial charge in [-0.2, -0.15) is 0 Å². The Balaban J connectivity index is 4.43. The van der Waals surface area contributed by atoms with Crippen molar-refractivity contribution in [1.29, 1.82) is 0 Å². The lowest BCUT2D eigenvalue weighted by Gasteiger charge is -2.28. The quantitative estimate of drug-likeness (QED) is 0.0198. The number of allylic oxidation sites excluding steroid dienone is 8. The zero-order valence-electron chi connectivity index (χ0n) is 36.6. The van der Waals surface area contributed by atoms with E-state index in [1.165, 1.54) is 77.0 Å². The van der Waals surface area contributed by atoms with Crippen LogP contribution in [0, 0.1) is 0 Å². The molecule has 10 heteroatoms. The Hall–Kier alpha value is -2.03. The van der Waals surface area contributed by atoms with Crippen LogP contribution in [-0.4, -0.2) is 70.0 Å². The minimum Gasteiger partial charge on any atom is -0.756 e. The van der Waals surface area contributed by atoms with E-state index >= 15 is 0 Å². The molecule has 0 saturated heterocycles. The molecular formula is C46H84NO8P.